The number of alkyl halides is 1. The first-order valence-corrected chi connectivity index (χ1v) is 9.60. The van der Waals surface area contributed by atoms with Crippen molar-refractivity contribution in [3.8, 4) is 0 Å². The first kappa shape index (κ1) is 19.6. The molecule has 2 fully saturated rings. The number of rotatable bonds is 4. The van der Waals surface area contributed by atoms with Crippen LogP contribution in [0.4, 0.5) is 10.1 Å². The maximum atomic E-state index is 14.7. The number of halogens is 1. The molecule has 1 amide bonds. The molecule has 2 heterocycles. The first-order valence-electron chi connectivity index (χ1n) is 9.60. The van der Waals surface area contributed by atoms with Crippen molar-refractivity contribution in [1.29, 1.82) is 0 Å². The van der Waals surface area contributed by atoms with E-state index < -0.39 is 6.17 Å². The minimum absolute atomic E-state index is 0.0634. The summed E-state index contributed by atoms with van der Waals surface area (Å²) >= 11 is 0. The first-order chi connectivity index (χ1) is 13.0. The van der Waals surface area contributed by atoms with Gasteiger partial charge >= 0.3 is 5.97 Å². The van der Waals surface area contributed by atoms with Gasteiger partial charge in [-0.15, -0.1) is 0 Å². The summed E-state index contributed by atoms with van der Waals surface area (Å²) in [6.45, 7) is 5.31. The zero-order chi connectivity index (χ0) is 19.4. The average Bonchev–Trinajstić information content (AvgIpc) is 2.72. The number of hydrogen-bond acceptors (Lipinski definition) is 5. The highest BCUT2D eigenvalue weighted by atomic mass is 19.1. The van der Waals surface area contributed by atoms with E-state index in [0.29, 0.717) is 38.0 Å². The standard InChI is InChI=1S/C20H28FN3O3/c1-14-13-23(17-5-3-16(4-6-17)20(26)27-2)11-12-24(14)19(25)18(21)15-7-9-22-10-8-15/h3-6,14-15,18,22H,7-13H2,1-2H3. The number of carbonyl (C=O) groups excluding carboxylic acids is 2. The smallest absolute Gasteiger partial charge is 0.337 e. The van der Waals surface area contributed by atoms with Crippen LogP contribution in [0.5, 0.6) is 0 Å². The summed E-state index contributed by atoms with van der Waals surface area (Å²) in [7, 11) is 1.36. The van der Waals surface area contributed by atoms with E-state index in [1.54, 1.807) is 17.0 Å². The van der Waals surface area contributed by atoms with Crippen molar-refractivity contribution in [2.45, 2.75) is 32.0 Å². The summed E-state index contributed by atoms with van der Waals surface area (Å²) in [6, 6.07) is 7.16. The molecule has 27 heavy (non-hydrogen) atoms. The fourth-order valence-corrected chi connectivity index (χ4v) is 3.94. The Morgan fingerprint density at radius 3 is 2.44 bits per heavy atom. The Bertz CT molecular complexity index is 661. The van der Waals surface area contributed by atoms with Crippen molar-refractivity contribution in [3.05, 3.63) is 29.8 Å². The van der Waals surface area contributed by atoms with Gasteiger partial charge in [0.25, 0.3) is 5.91 Å². The molecule has 2 unspecified atom stereocenters. The van der Waals surface area contributed by atoms with Crippen LogP contribution in [0.3, 0.4) is 0 Å². The van der Waals surface area contributed by atoms with Gasteiger partial charge in [0.1, 0.15) is 0 Å². The number of amides is 1. The van der Waals surface area contributed by atoms with Gasteiger partial charge in [-0.25, -0.2) is 9.18 Å². The highest BCUT2D eigenvalue weighted by molar-refractivity contribution is 5.89. The molecule has 0 spiro atoms. The summed E-state index contributed by atoms with van der Waals surface area (Å²) < 4.78 is 19.5. The number of piperidine rings is 1. The van der Waals surface area contributed by atoms with E-state index in [2.05, 4.69) is 10.2 Å². The SMILES string of the molecule is COC(=O)c1ccc(N2CCN(C(=O)C(F)C3CCNCC3)C(C)C2)cc1. The van der Waals surface area contributed by atoms with E-state index >= 15 is 0 Å². The minimum Gasteiger partial charge on any atom is -0.465 e. The van der Waals surface area contributed by atoms with Crippen molar-refractivity contribution in [1.82, 2.24) is 10.2 Å². The molecule has 0 saturated carbocycles. The summed E-state index contributed by atoms with van der Waals surface area (Å²) in [4.78, 5) is 28.1. The quantitative estimate of drug-likeness (QED) is 0.812. The Balaban J connectivity index is 1.60. The molecule has 0 bridgehead atoms. The van der Waals surface area contributed by atoms with Gasteiger partial charge in [-0.2, -0.15) is 0 Å². The predicted molar refractivity (Wildman–Crippen MR) is 102 cm³/mol. The van der Waals surface area contributed by atoms with Crippen LogP contribution in [-0.2, 0) is 9.53 Å². The minimum atomic E-state index is -1.40. The van der Waals surface area contributed by atoms with Crippen molar-refractivity contribution in [3.63, 3.8) is 0 Å². The number of ether oxygens (including phenoxy) is 1. The van der Waals surface area contributed by atoms with Gasteiger partial charge in [0.05, 0.1) is 12.7 Å². The van der Waals surface area contributed by atoms with Gasteiger partial charge in [0.2, 0.25) is 0 Å². The maximum Gasteiger partial charge on any atom is 0.337 e. The van der Waals surface area contributed by atoms with E-state index in [1.807, 2.05) is 19.1 Å². The fourth-order valence-electron chi connectivity index (χ4n) is 3.94. The lowest BCUT2D eigenvalue weighted by molar-refractivity contribution is -0.141. The predicted octanol–water partition coefficient (Wildman–Crippen LogP) is 1.85. The second kappa shape index (κ2) is 8.69. The van der Waals surface area contributed by atoms with Gasteiger partial charge in [-0.05, 0) is 57.1 Å². The van der Waals surface area contributed by atoms with Crippen molar-refractivity contribution >= 4 is 17.6 Å². The van der Waals surface area contributed by atoms with Crippen LogP contribution in [0.15, 0.2) is 24.3 Å². The molecule has 2 atom stereocenters. The van der Waals surface area contributed by atoms with Gasteiger partial charge < -0.3 is 19.9 Å². The summed E-state index contributed by atoms with van der Waals surface area (Å²) in [5.74, 6) is -0.901. The van der Waals surface area contributed by atoms with Gasteiger partial charge in [-0.1, -0.05) is 0 Å². The third-order valence-corrected chi connectivity index (χ3v) is 5.60. The molecule has 0 aromatic heterocycles. The summed E-state index contributed by atoms with van der Waals surface area (Å²) in [6.07, 6.45) is 0.0298. The van der Waals surface area contributed by atoms with Crippen LogP contribution in [0.1, 0.15) is 30.1 Å². The molecular formula is C20H28FN3O3. The number of piperazine rings is 1. The molecule has 1 N–H and O–H groups in total. The topological polar surface area (TPSA) is 61.9 Å². The molecule has 0 radical (unpaired) electrons. The van der Waals surface area contributed by atoms with Crippen LogP contribution in [0.2, 0.25) is 0 Å². The van der Waals surface area contributed by atoms with E-state index in [-0.39, 0.29) is 23.8 Å². The van der Waals surface area contributed by atoms with Crippen molar-refractivity contribution < 1.29 is 18.7 Å². The average molecular weight is 377 g/mol. The summed E-state index contributed by atoms with van der Waals surface area (Å²) in [5, 5.41) is 3.21. The van der Waals surface area contributed by atoms with Gasteiger partial charge in [0, 0.05) is 37.3 Å². The van der Waals surface area contributed by atoms with E-state index in [0.717, 1.165) is 18.8 Å². The highest BCUT2D eigenvalue weighted by Crippen LogP contribution is 2.25. The molecular weight excluding hydrogens is 349 g/mol. The second-order valence-corrected chi connectivity index (χ2v) is 7.35. The highest BCUT2D eigenvalue weighted by Gasteiger charge is 2.36. The zero-order valence-corrected chi connectivity index (χ0v) is 16.0. The fraction of sp³-hybridized carbons (Fsp3) is 0.600. The largest absolute Gasteiger partial charge is 0.465 e. The molecule has 6 nitrogen and oxygen atoms in total. The van der Waals surface area contributed by atoms with Gasteiger partial charge in [-0.3, -0.25) is 4.79 Å². The number of benzene rings is 1. The number of carbonyl (C=O) groups is 2. The molecule has 1 aromatic rings. The zero-order valence-electron chi connectivity index (χ0n) is 16.0. The summed E-state index contributed by atoms with van der Waals surface area (Å²) in [5.41, 5.74) is 1.49. The van der Waals surface area contributed by atoms with Crippen LogP contribution in [-0.4, -0.2) is 68.8 Å². The normalized spacial score (nSPS) is 22.4. The number of nitrogens with zero attached hydrogens (tertiary/aromatic N) is 2. The Labute approximate surface area is 159 Å². The molecule has 7 heteroatoms. The maximum absolute atomic E-state index is 14.7. The van der Waals surface area contributed by atoms with E-state index in [9.17, 15) is 14.0 Å². The lowest BCUT2D eigenvalue weighted by Gasteiger charge is -2.42. The molecule has 3 rings (SSSR count). The van der Waals surface area contributed by atoms with Crippen LogP contribution < -0.4 is 10.2 Å². The molecule has 2 saturated heterocycles. The molecule has 148 valence electrons. The second-order valence-electron chi connectivity index (χ2n) is 7.35. The van der Waals surface area contributed by atoms with Crippen LogP contribution in [0, 0.1) is 5.92 Å². The molecule has 1 aromatic carbocycles. The van der Waals surface area contributed by atoms with Crippen molar-refractivity contribution in [2.75, 3.05) is 44.7 Å². The Morgan fingerprint density at radius 1 is 1.19 bits per heavy atom. The molecule has 2 aliphatic heterocycles. The lowest BCUT2D eigenvalue weighted by Crippen LogP contribution is -2.57. The number of esters is 1. The number of nitrogens with one attached hydrogen (secondary N) is 1. The van der Waals surface area contributed by atoms with Crippen molar-refractivity contribution in [2.24, 2.45) is 5.92 Å². The number of methoxy groups -OCH3 is 1. The Hall–Kier alpha value is -2.15. The Kier molecular flexibility index (Phi) is 6.31. The molecule has 0 aliphatic carbocycles. The lowest BCUT2D eigenvalue weighted by atomic mass is 9.92. The van der Waals surface area contributed by atoms with E-state index in [1.165, 1.54) is 7.11 Å². The third kappa shape index (κ3) is 4.40. The molecule has 2 aliphatic rings. The monoisotopic (exact) mass is 377 g/mol. The van der Waals surface area contributed by atoms with E-state index in [4.69, 9.17) is 4.74 Å². The van der Waals surface area contributed by atoms with Crippen LogP contribution >= 0.6 is 0 Å². The van der Waals surface area contributed by atoms with Gasteiger partial charge in [0.15, 0.2) is 6.17 Å². The third-order valence-electron chi connectivity index (χ3n) is 5.60. The number of anilines is 1. The van der Waals surface area contributed by atoms with Crippen LogP contribution in [0.25, 0.3) is 0 Å². The number of hydrogen-bond donors (Lipinski definition) is 1. The Morgan fingerprint density at radius 2 is 1.85 bits per heavy atom.